The van der Waals surface area contributed by atoms with Gasteiger partial charge in [-0.15, -0.1) is 0 Å². The Labute approximate surface area is 170 Å². The summed E-state index contributed by atoms with van der Waals surface area (Å²) in [6.07, 6.45) is 0. The third kappa shape index (κ3) is 3.77. The molecule has 0 aliphatic carbocycles. The number of hydrogen-bond donors (Lipinski definition) is 2. The molecule has 1 heterocycles. The molecule has 1 saturated heterocycles. The Morgan fingerprint density at radius 1 is 1.28 bits per heavy atom. The summed E-state index contributed by atoms with van der Waals surface area (Å²) in [7, 11) is 0. The van der Waals surface area contributed by atoms with E-state index >= 15 is 0 Å². The van der Waals surface area contributed by atoms with Crippen molar-refractivity contribution in [3.8, 4) is 0 Å². The molecule has 0 spiro atoms. The summed E-state index contributed by atoms with van der Waals surface area (Å²) in [5, 5.41) is 16.4. The van der Waals surface area contributed by atoms with Crippen LogP contribution in [0.1, 0.15) is 18.1 Å². The Balaban J connectivity index is 1.80. The van der Waals surface area contributed by atoms with Gasteiger partial charge in [0, 0.05) is 16.7 Å². The number of halogens is 1. The van der Waals surface area contributed by atoms with Gasteiger partial charge in [-0.25, -0.2) is 4.79 Å². The van der Waals surface area contributed by atoms with Crippen LogP contribution in [0.2, 0.25) is 5.02 Å². The molecule has 10 heteroatoms. The zero-order valence-electron chi connectivity index (χ0n) is 15.6. The lowest BCUT2D eigenvalue weighted by molar-refractivity contribution is -0.384. The minimum atomic E-state index is -1.43. The van der Waals surface area contributed by atoms with E-state index in [-0.39, 0.29) is 11.4 Å². The molecule has 0 saturated carbocycles. The van der Waals surface area contributed by atoms with Crippen molar-refractivity contribution in [2.45, 2.75) is 19.4 Å². The molecule has 9 nitrogen and oxygen atoms in total. The number of imide groups is 1. The van der Waals surface area contributed by atoms with Crippen LogP contribution in [0.5, 0.6) is 0 Å². The first-order chi connectivity index (χ1) is 13.6. The molecule has 0 bridgehead atoms. The van der Waals surface area contributed by atoms with Crippen molar-refractivity contribution in [1.82, 2.24) is 10.2 Å². The highest BCUT2D eigenvalue weighted by molar-refractivity contribution is 6.32. The number of amides is 4. The molecule has 1 aliphatic rings. The van der Waals surface area contributed by atoms with Gasteiger partial charge in [0.15, 0.2) is 0 Å². The lowest BCUT2D eigenvalue weighted by Gasteiger charge is -2.23. The SMILES string of the molecule is Cc1ccc(NC(=O)CN2C(=O)N[C@](C)(c3ccccc3Cl)C2=O)c([N+](=O)[O-])c1. The first-order valence-corrected chi connectivity index (χ1v) is 8.95. The monoisotopic (exact) mass is 416 g/mol. The maximum Gasteiger partial charge on any atom is 0.325 e. The van der Waals surface area contributed by atoms with Gasteiger partial charge >= 0.3 is 6.03 Å². The van der Waals surface area contributed by atoms with Crippen LogP contribution in [-0.2, 0) is 15.1 Å². The minimum Gasteiger partial charge on any atom is -0.319 e. The fourth-order valence-electron chi connectivity index (χ4n) is 3.12. The standard InChI is InChI=1S/C19H17ClN4O5/c1-11-7-8-14(15(9-11)24(28)29)21-16(25)10-23-17(26)19(2,22-18(23)27)12-5-3-4-6-13(12)20/h3-9H,10H2,1-2H3,(H,21,25)(H,22,27)/t19-/m1/s1. The number of nitro groups is 1. The predicted molar refractivity (Wildman–Crippen MR) is 106 cm³/mol. The first kappa shape index (κ1) is 20.3. The third-order valence-corrected chi connectivity index (χ3v) is 4.94. The van der Waals surface area contributed by atoms with Crippen molar-refractivity contribution in [2.75, 3.05) is 11.9 Å². The van der Waals surface area contributed by atoms with Crippen molar-refractivity contribution in [1.29, 1.82) is 0 Å². The summed E-state index contributed by atoms with van der Waals surface area (Å²) in [5.41, 5.74) is -0.676. The lowest BCUT2D eigenvalue weighted by Crippen LogP contribution is -2.42. The number of carbonyl (C=O) groups is 3. The second-order valence-corrected chi connectivity index (χ2v) is 7.16. The molecule has 29 heavy (non-hydrogen) atoms. The molecule has 2 aromatic carbocycles. The van der Waals surface area contributed by atoms with Crippen molar-refractivity contribution in [2.24, 2.45) is 0 Å². The average molecular weight is 417 g/mol. The summed E-state index contributed by atoms with van der Waals surface area (Å²) in [4.78, 5) is 49.0. The number of rotatable bonds is 5. The maximum absolute atomic E-state index is 12.9. The molecule has 1 aliphatic heterocycles. The maximum atomic E-state index is 12.9. The minimum absolute atomic E-state index is 0.0217. The molecule has 2 N–H and O–H groups in total. The normalized spacial score (nSPS) is 18.5. The average Bonchev–Trinajstić information content (AvgIpc) is 2.87. The van der Waals surface area contributed by atoms with Crippen LogP contribution >= 0.6 is 11.6 Å². The molecule has 1 fully saturated rings. The van der Waals surface area contributed by atoms with Crippen molar-refractivity contribution in [3.63, 3.8) is 0 Å². The Hall–Kier alpha value is -3.46. The number of benzene rings is 2. The third-order valence-electron chi connectivity index (χ3n) is 4.61. The second-order valence-electron chi connectivity index (χ2n) is 6.75. The van der Waals surface area contributed by atoms with Gasteiger partial charge in [-0.1, -0.05) is 35.9 Å². The van der Waals surface area contributed by atoms with Crippen LogP contribution in [-0.4, -0.2) is 34.2 Å². The molecule has 4 amide bonds. The van der Waals surface area contributed by atoms with Gasteiger partial charge in [0.2, 0.25) is 5.91 Å². The van der Waals surface area contributed by atoms with Crippen LogP contribution < -0.4 is 10.6 Å². The smallest absolute Gasteiger partial charge is 0.319 e. The highest BCUT2D eigenvalue weighted by atomic mass is 35.5. The topological polar surface area (TPSA) is 122 Å². The molecule has 0 aromatic heterocycles. The van der Waals surface area contributed by atoms with E-state index in [9.17, 15) is 24.5 Å². The van der Waals surface area contributed by atoms with E-state index in [1.54, 1.807) is 37.3 Å². The van der Waals surface area contributed by atoms with Crippen LogP contribution in [0, 0.1) is 17.0 Å². The number of nitrogens with one attached hydrogen (secondary N) is 2. The van der Waals surface area contributed by atoms with Crippen LogP contribution in [0.4, 0.5) is 16.2 Å². The lowest BCUT2D eigenvalue weighted by atomic mass is 9.92. The van der Waals surface area contributed by atoms with E-state index in [1.165, 1.54) is 19.1 Å². The molecule has 0 radical (unpaired) electrons. The Bertz CT molecular complexity index is 1040. The fraction of sp³-hybridized carbons (Fsp3) is 0.211. The molecule has 2 aromatic rings. The summed E-state index contributed by atoms with van der Waals surface area (Å²) in [6, 6.07) is 10.1. The molecule has 1 atom stereocenters. The summed E-state index contributed by atoms with van der Waals surface area (Å²) in [6.45, 7) is 2.58. The largest absolute Gasteiger partial charge is 0.325 e. The molecule has 0 unspecified atom stereocenters. The van der Waals surface area contributed by atoms with Crippen LogP contribution in [0.15, 0.2) is 42.5 Å². The zero-order valence-corrected chi connectivity index (χ0v) is 16.3. The molecular weight excluding hydrogens is 400 g/mol. The Kier molecular flexibility index (Phi) is 5.25. The van der Waals surface area contributed by atoms with Gasteiger partial charge in [0.05, 0.1) is 4.92 Å². The van der Waals surface area contributed by atoms with E-state index in [0.29, 0.717) is 16.1 Å². The quantitative estimate of drug-likeness (QED) is 0.441. The van der Waals surface area contributed by atoms with E-state index in [2.05, 4.69) is 10.6 Å². The van der Waals surface area contributed by atoms with Crippen LogP contribution in [0.3, 0.4) is 0 Å². The summed E-state index contributed by atoms with van der Waals surface area (Å²) < 4.78 is 0. The Morgan fingerprint density at radius 2 is 1.97 bits per heavy atom. The van der Waals surface area contributed by atoms with Gasteiger partial charge < -0.3 is 10.6 Å². The number of aryl methyl sites for hydroxylation is 1. The van der Waals surface area contributed by atoms with Crippen molar-refractivity contribution in [3.05, 3.63) is 68.7 Å². The summed E-state index contributed by atoms with van der Waals surface area (Å²) >= 11 is 6.16. The van der Waals surface area contributed by atoms with E-state index in [4.69, 9.17) is 11.6 Å². The fourth-order valence-corrected chi connectivity index (χ4v) is 3.45. The number of hydrogen-bond acceptors (Lipinski definition) is 5. The van der Waals surface area contributed by atoms with Gasteiger partial charge in [-0.05, 0) is 31.5 Å². The first-order valence-electron chi connectivity index (χ1n) is 8.57. The van der Waals surface area contributed by atoms with Gasteiger partial charge in [0.1, 0.15) is 17.8 Å². The number of nitrogens with zero attached hydrogens (tertiary/aromatic N) is 2. The Morgan fingerprint density at radius 3 is 2.62 bits per heavy atom. The number of carbonyl (C=O) groups excluding carboxylic acids is 3. The van der Waals surface area contributed by atoms with E-state index in [1.807, 2.05) is 0 Å². The predicted octanol–water partition coefficient (Wildman–Crippen LogP) is 2.96. The van der Waals surface area contributed by atoms with Crippen molar-refractivity contribution >= 4 is 40.8 Å². The molecule has 3 rings (SSSR count). The highest BCUT2D eigenvalue weighted by Crippen LogP contribution is 2.33. The van der Waals surface area contributed by atoms with Gasteiger partial charge in [-0.3, -0.25) is 24.6 Å². The number of urea groups is 1. The zero-order chi connectivity index (χ0) is 21.3. The van der Waals surface area contributed by atoms with E-state index < -0.39 is 34.9 Å². The van der Waals surface area contributed by atoms with Gasteiger partial charge in [0.25, 0.3) is 11.6 Å². The number of anilines is 1. The van der Waals surface area contributed by atoms with Crippen LogP contribution in [0.25, 0.3) is 0 Å². The molecule has 150 valence electrons. The second kappa shape index (κ2) is 7.51. The number of nitro benzene ring substituents is 1. The van der Waals surface area contributed by atoms with E-state index in [0.717, 1.165) is 4.90 Å². The molecular formula is C19H17ClN4O5. The summed E-state index contributed by atoms with van der Waals surface area (Å²) in [5.74, 6) is -1.40. The van der Waals surface area contributed by atoms with Gasteiger partial charge in [-0.2, -0.15) is 0 Å². The highest BCUT2D eigenvalue weighted by Gasteiger charge is 2.50. The van der Waals surface area contributed by atoms with Crippen molar-refractivity contribution < 1.29 is 19.3 Å².